The van der Waals surface area contributed by atoms with Crippen LogP contribution in [0.2, 0.25) is 5.02 Å². The lowest BCUT2D eigenvalue weighted by Crippen LogP contribution is -2.26. The minimum absolute atomic E-state index is 0.0609. The molecule has 1 aliphatic heterocycles. The SMILES string of the molecule is O=C(O)CCC(=O)N1N=C(c2ccc(Cl)cc2)C[C@@H]1c1cccs1. The predicted molar refractivity (Wildman–Crippen MR) is 93.4 cm³/mol. The van der Waals surface area contributed by atoms with Gasteiger partial charge >= 0.3 is 5.97 Å². The zero-order chi connectivity index (χ0) is 17.1. The number of benzene rings is 1. The number of nitrogens with zero attached hydrogens (tertiary/aromatic N) is 2. The molecule has 0 fully saturated rings. The first-order chi connectivity index (χ1) is 11.5. The summed E-state index contributed by atoms with van der Waals surface area (Å²) in [5.41, 5.74) is 1.71. The molecule has 1 aliphatic rings. The Morgan fingerprint density at radius 3 is 2.62 bits per heavy atom. The van der Waals surface area contributed by atoms with Gasteiger partial charge in [-0.3, -0.25) is 9.59 Å². The number of halogens is 1. The highest BCUT2D eigenvalue weighted by atomic mass is 35.5. The fourth-order valence-electron chi connectivity index (χ4n) is 2.59. The van der Waals surface area contributed by atoms with E-state index < -0.39 is 5.97 Å². The Morgan fingerprint density at radius 1 is 1.25 bits per heavy atom. The van der Waals surface area contributed by atoms with Crippen LogP contribution in [0.3, 0.4) is 0 Å². The molecule has 0 radical (unpaired) electrons. The lowest BCUT2D eigenvalue weighted by molar-refractivity contribution is -0.141. The average molecular weight is 363 g/mol. The molecule has 0 bridgehead atoms. The number of carbonyl (C=O) groups is 2. The standard InChI is InChI=1S/C17H15ClN2O3S/c18-12-5-3-11(4-6-12)13-10-14(15-2-1-9-24-15)20(19-13)16(21)7-8-17(22)23/h1-6,9,14H,7-8,10H2,(H,22,23)/t14-/m1/s1. The van der Waals surface area contributed by atoms with E-state index in [9.17, 15) is 9.59 Å². The van der Waals surface area contributed by atoms with Crippen LogP contribution in [0.15, 0.2) is 46.9 Å². The second-order valence-corrected chi connectivity index (χ2v) is 6.84. The minimum atomic E-state index is -0.989. The molecule has 0 aliphatic carbocycles. The summed E-state index contributed by atoms with van der Waals surface area (Å²) in [5.74, 6) is -1.27. The van der Waals surface area contributed by atoms with Crippen molar-refractivity contribution < 1.29 is 14.7 Å². The number of thiophene rings is 1. The summed E-state index contributed by atoms with van der Waals surface area (Å²) in [4.78, 5) is 24.2. The van der Waals surface area contributed by atoms with Crippen LogP contribution in [-0.4, -0.2) is 27.7 Å². The van der Waals surface area contributed by atoms with Gasteiger partial charge in [0.15, 0.2) is 0 Å². The Balaban J connectivity index is 1.86. The van der Waals surface area contributed by atoms with Crippen molar-refractivity contribution in [1.29, 1.82) is 0 Å². The molecule has 0 saturated heterocycles. The van der Waals surface area contributed by atoms with E-state index in [0.29, 0.717) is 11.4 Å². The van der Waals surface area contributed by atoms with Gasteiger partial charge in [0.25, 0.3) is 0 Å². The molecule has 124 valence electrons. The van der Waals surface area contributed by atoms with Crippen LogP contribution in [-0.2, 0) is 9.59 Å². The number of carbonyl (C=O) groups excluding carboxylic acids is 1. The van der Waals surface area contributed by atoms with Crippen molar-refractivity contribution in [3.05, 3.63) is 57.2 Å². The fourth-order valence-corrected chi connectivity index (χ4v) is 3.53. The highest BCUT2D eigenvalue weighted by Gasteiger charge is 2.33. The van der Waals surface area contributed by atoms with Crippen LogP contribution in [0.1, 0.15) is 35.7 Å². The Labute approximate surface area is 148 Å². The number of carboxylic acids is 1. The Kier molecular flexibility index (Phi) is 4.97. The fraction of sp³-hybridized carbons (Fsp3) is 0.235. The second-order valence-electron chi connectivity index (χ2n) is 5.42. The molecular weight excluding hydrogens is 348 g/mol. The molecule has 1 aromatic heterocycles. The van der Waals surface area contributed by atoms with E-state index in [1.54, 1.807) is 23.5 Å². The smallest absolute Gasteiger partial charge is 0.303 e. The van der Waals surface area contributed by atoms with Gasteiger partial charge in [-0.2, -0.15) is 5.10 Å². The van der Waals surface area contributed by atoms with Gasteiger partial charge in [-0.05, 0) is 29.1 Å². The topological polar surface area (TPSA) is 70.0 Å². The van der Waals surface area contributed by atoms with Crippen molar-refractivity contribution >= 4 is 40.5 Å². The van der Waals surface area contributed by atoms with Crippen LogP contribution in [0.25, 0.3) is 0 Å². The van der Waals surface area contributed by atoms with Gasteiger partial charge in [0.2, 0.25) is 5.91 Å². The summed E-state index contributed by atoms with van der Waals surface area (Å²) < 4.78 is 0. The van der Waals surface area contributed by atoms with E-state index in [1.165, 1.54) is 5.01 Å². The van der Waals surface area contributed by atoms with Crippen molar-refractivity contribution in [3.8, 4) is 0 Å². The number of carboxylic acid groups (broad SMARTS) is 1. The van der Waals surface area contributed by atoms with Crippen molar-refractivity contribution in [2.24, 2.45) is 5.10 Å². The summed E-state index contributed by atoms with van der Waals surface area (Å²) in [6.45, 7) is 0. The van der Waals surface area contributed by atoms with Gasteiger partial charge in [0.05, 0.1) is 18.2 Å². The zero-order valence-corrected chi connectivity index (χ0v) is 14.3. The molecule has 0 saturated carbocycles. The van der Waals surface area contributed by atoms with Gasteiger partial charge in [-0.25, -0.2) is 5.01 Å². The maximum Gasteiger partial charge on any atom is 0.303 e. The van der Waals surface area contributed by atoms with Gasteiger partial charge < -0.3 is 5.11 Å². The van der Waals surface area contributed by atoms with Crippen LogP contribution in [0.4, 0.5) is 0 Å². The van der Waals surface area contributed by atoms with Crippen LogP contribution >= 0.6 is 22.9 Å². The predicted octanol–water partition coefficient (Wildman–Crippen LogP) is 3.94. The van der Waals surface area contributed by atoms with Gasteiger partial charge in [0, 0.05) is 22.7 Å². The lowest BCUT2D eigenvalue weighted by Gasteiger charge is -2.20. The third kappa shape index (κ3) is 3.66. The molecule has 5 nitrogen and oxygen atoms in total. The lowest BCUT2D eigenvalue weighted by atomic mass is 10.0. The molecule has 0 unspecified atom stereocenters. The first kappa shape index (κ1) is 16.7. The molecule has 1 N–H and O–H groups in total. The van der Waals surface area contributed by atoms with Crippen LogP contribution in [0, 0.1) is 0 Å². The summed E-state index contributed by atoms with van der Waals surface area (Å²) in [6, 6.07) is 11.0. The monoisotopic (exact) mass is 362 g/mol. The summed E-state index contributed by atoms with van der Waals surface area (Å²) >= 11 is 7.48. The molecule has 3 rings (SSSR count). The summed E-state index contributed by atoms with van der Waals surface area (Å²) in [5, 5.41) is 17.3. The third-order valence-corrected chi connectivity index (χ3v) is 4.99. The Morgan fingerprint density at radius 2 is 2.00 bits per heavy atom. The van der Waals surface area contributed by atoms with Gasteiger partial charge in [-0.15, -0.1) is 11.3 Å². The van der Waals surface area contributed by atoms with Crippen LogP contribution in [0.5, 0.6) is 0 Å². The summed E-state index contributed by atoms with van der Waals surface area (Å²) in [6.07, 6.45) is 0.341. The van der Waals surface area contributed by atoms with Crippen LogP contribution < -0.4 is 0 Å². The maximum absolute atomic E-state index is 12.4. The van der Waals surface area contributed by atoms with Gasteiger partial charge in [-0.1, -0.05) is 29.8 Å². The average Bonchev–Trinajstić information content (AvgIpc) is 3.22. The van der Waals surface area contributed by atoms with Crippen molar-refractivity contribution in [2.45, 2.75) is 25.3 Å². The molecule has 2 heterocycles. The number of hydrogen-bond acceptors (Lipinski definition) is 4. The normalized spacial score (nSPS) is 17.0. The molecule has 7 heteroatoms. The van der Waals surface area contributed by atoms with E-state index in [1.807, 2.05) is 29.6 Å². The number of hydrazone groups is 1. The quantitative estimate of drug-likeness (QED) is 0.875. The highest BCUT2D eigenvalue weighted by molar-refractivity contribution is 7.10. The number of hydrogen-bond donors (Lipinski definition) is 1. The first-order valence-electron chi connectivity index (χ1n) is 7.45. The van der Waals surface area contributed by atoms with Gasteiger partial charge in [0.1, 0.15) is 0 Å². The third-order valence-electron chi connectivity index (χ3n) is 3.77. The van der Waals surface area contributed by atoms with Crippen molar-refractivity contribution in [1.82, 2.24) is 5.01 Å². The number of aliphatic carboxylic acids is 1. The largest absolute Gasteiger partial charge is 0.481 e. The Bertz CT molecular complexity index is 772. The second kappa shape index (κ2) is 7.15. The van der Waals surface area contributed by atoms with Crippen molar-refractivity contribution in [3.63, 3.8) is 0 Å². The molecule has 1 amide bonds. The molecule has 2 aromatic rings. The zero-order valence-electron chi connectivity index (χ0n) is 12.7. The molecular formula is C17H15ClN2O3S. The number of amides is 1. The molecule has 1 atom stereocenters. The highest BCUT2D eigenvalue weighted by Crippen LogP contribution is 2.35. The van der Waals surface area contributed by atoms with E-state index in [-0.39, 0.29) is 24.8 Å². The number of rotatable bonds is 5. The van der Waals surface area contributed by atoms with E-state index in [2.05, 4.69) is 5.10 Å². The summed E-state index contributed by atoms with van der Waals surface area (Å²) in [7, 11) is 0. The maximum atomic E-state index is 12.4. The van der Waals surface area contributed by atoms with E-state index >= 15 is 0 Å². The van der Waals surface area contributed by atoms with Crippen molar-refractivity contribution in [2.75, 3.05) is 0 Å². The molecule has 0 spiro atoms. The Hall–Kier alpha value is -2.18. The minimum Gasteiger partial charge on any atom is -0.481 e. The molecule has 1 aromatic carbocycles. The van der Waals surface area contributed by atoms with E-state index in [0.717, 1.165) is 16.2 Å². The van der Waals surface area contributed by atoms with E-state index in [4.69, 9.17) is 16.7 Å². The molecule has 24 heavy (non-hydrogen) atoms. The first-order valence-corrected chi connectivity index (χ1v) is 8.71.